The fraction of sp³-hybridized carbons (Fsp3) is 0.478. The van der Waals surface area contributed by atoms with Crippen molar-refractivity contribution in [1.82, 2.24) is 14.5 Å². The molecular weight excluding hydrogens is 466 g/mol. The second-order valence-corrected chi connectivity index (χ2v) is 10.9. The first-order valence-electron chi connectivity index (χ1n) is 11.1. The molecule has 2 amide bonds. The average Bonchev–Trinajstić information content (AvgIpc) is 3.17. The number of aliphatic hydroxyl groups is 1. The molecule has 0 aliphatic carbocycles. The van der Waals surface area contributed by atoms with Gasteiger partial charge in [-0.05, 0) is 67.1 Å². The number of piperidine rings is 1. The first-order chi connectivity index (χ1) is 15.7. The molecule has 2 aliphatic rings. The molecule has 10 heteroatoms. The number of nitrogens with zero attached hydrogens (tertiary/aromatic N) is 2. The summed E-state index contributed by atoms with van der Waals surface area (Å²) < 4.78 is 28.4. The number of hydrogen-bond acceptors (Lipinski definition) is 5. The lowest BCUT2D eigenvalue weighted by Gasteiger charge is -2.35. The van der Waals surface area contributed by atoms with Crippen LogP contribution in [0.3, 0.4) is 0 Å². The number of sulfonamides is 1. The summed E-state index contributed by atoms with van der Waals surface area (Å²) in [6.45, 7) is 3.22. The third-order valence-corrected chi connectivity index (χ3v) is 8.34. The molecule has 33 heavy (non-hydrogen) atoms. The number of halogens is 1. The van der Waals surface area contributed by atoms with Gasteiger partial charge in [0.1, 0.15) is 12.1 Å². The smallest absolute Gasteiger partial charge is 0.245 e. The van der Waals surface area contributed by atoms with Gasteiger partial charge in [0.15, 0.2) is 0 Å². The zero-order valence-electron chi connectivity index (χ0n) is 18.4. The standard InChI is InChI=1S/C23H28ClN3O5S/c1-15(22(29)26-9-6-16(14-28)7-10-26)27-11-8-21(23(27)30)25-33(31,32)20-5-3-17-12-19(24)4-2-18(17)13-20/h2-5,12-13,15-16,21,25,28H,6-11,14H2,1H3/t15-,21?/m0/s1. The normalized spacial score (nSPS) is 21.1. The minimum Gasteiger partial charge on any atom is -0.396 e. The van der Waals surface area contributed by atoms with Crippen LogP contribution < -0.4 is 4.72 Å². The number of benzene rings is 2. The third kappa shape index (κ3) is 5.01. The summed E-state index contributed by atoms with van der Waals surface area (Å²) in [5.41, 5.74) is 0. The average molecular weight is 494 g/mol. The summed E-state index contributed by atoms with van der Waals surface area (Å²) in [6.07, 6.45) is 1.78. The topological polar surface area (TPSA) is 107 Å². The van der Waals surface area contributed by atoms with Crippen LogP contribution in [-0.2, 0) is 19.6 Å². The Morgan fingerprint density at radius 3 is 2.48 bits per heavy atom. The van der Waals surface area contributed by atoms with Gasteiger partial charge in [0.2, 0.25) is 21.8 Å². The van der Waals surface area contributed by atoms with Gasteiger partial charge in [-0.3, -0.25) is 9.59 Å². The van der Waals surface area contributed by atoms with Crippen LogP contribution in [0.5, 0.6) is 0 Å². The van der Waals surface area contributed by atoms with Crippen LogP contribution in [0.2, 0.25) is 5.02 Å². The van der Waals surface area contributed by atoms with E-state index in [1.54, 1.807) is 42.2 Å². The van der Waals surface area contributed by atoms with Crippen LogP contribution in [0, 0.1) is 5.92 Å². The Hall–Kier alpha value is -2.20. The number of aliphatic hydroxyl groups excluding tert-OH is 1. The van der Waals surface area contributed by atoms with E-state index in [4.69, 9.17) is 11.6 Å². The van der Waals surface area contributed by atoms with Crippen LogP contribution >= 0.6 is 11.6 Å². The summed E-state index contributed by atoms with van der Waals surface area (Å²) in [5, 5.41) is 11.4. The maximum Gasteiger partial charge on any atom is 0.245 e. The number of hydrogen-bond donors (Lipinski definition) is 2. The maximum absolute atomic E-state index is 13.0. The molecule has 8 nitrogen and oxygen atoms in total. The molecule has 2 aliphatic heterocycles. The van der Waals surface area contributed by atoms with Crippen molar-refractivity contribution in [2.24, 2.45) is 5.92 Å². The molecule has 0 spiro atoms. The van der Waals surface area contributed by atoms with Crippen molar-refractivity contribution in [2.75, 3.05) is 26.2 Å². The molecule has 1 unspecified atom stereocenters. The van der Waals surface area contributed by atoms with Crippen LogP contribution in [0.25, 0.3) is 10.8 Å². The number of carbonyl (C=O) groups is 2. The van der Waals surface area contributed by atoms with Crippen LogP contribution in [0.15, 0.2) is 41.3 Å². The van der Waals surface area contributed by atoms with Crippen molar-refractivity contribution in [1.29, 1.82) is 0 Å². The molecule has 2 aromatic carbocycles. The van der Waals surface area contributed by atoms with Gasteiger partial charge >= 0.3 is 0 Å². The first-order valence-corrected chi connectivity index (χ1v) is 13.0. The minimum absolute atomic E-state index is 0.0689. The SMILES string of the molecule is C[C@@H](C(=O)N1CCC(CO)CC1)N1CCC(NS(=O)(=O)c2ccc3cc(Cl)ccc3c2)C1=O. The molecule has 2 aromatic rings. The number of rotatable bonds is 6. The van der Waals surface area contributed by atoms with Gasteiger partial charge in [-0.2, -0.15) is 4.72 Å². The molecule has 0 bridgehead atoms. The van der Waals surface area contributed by atoms with Crippen molar-refractivity contribution >= 4 is 44.2 Å². The molecule has 4 rings (SSSR count). The largest absolute Gasteiger partial charge is 0.396 e. The molecule has 2 heterocycles. The highest BCUT2D eigenvalue weighted by Gasteiger charge is 2.40. The van der Waals surface area contributed by atoms with E-state index >= 15 is 0 Å². The van der Waals surface area contributed by atoms with Crippen molar-refractivity contribution in [2.45, 2.75) is 43.2 Å². The van der Waals surface area contributed by atoms with Crippen LogP contribution in [-0.4, -0.2) is 73.5 Å². The highest BCUT2D eigenvalue weighted by Crippen LogP contribution is 2.25. The predicted octanol–water partition coefficient (Wildman–Crippen LogP) is 1.99. The van der Waals surface area contributed by atoms with E-state index < -0.39 is 28.0 Å². The molecule has 2 N–H and O–H groups in total. The van der Waals surface area contributed by atoms with Crippen LogP contribution in [0.4, 0.5) is 0 Å². The second-order valence-electron chi connectivity index (χ2n) is 8.77. The van der Waals surface area contributed by atoms with Crippen molar-refractivity contribution in [3.8, 4) is 0 Å². The lowest BCUT2D eigenvalue weighted by atomic mass is 9.97. The molecule has 178 valence electrons. The number of fused-ring (bicyclic) bond motifs is 1. The summed E-state index contributed by atoms with van der Waals surface area (Å²) in [7, 11) is -3.93. The molecular formula is C23H28ClN3O5S. The molecule has 0 radical (unpaired) electrons. The number of amides is 2. The Kier molecular flexibility index (Phi) is 6.95. The molecule has 2 atom stereocenters. The lowest BCUT2D eigenvalue weighted by Crippen LogP contribution is -2.52. The van der Waals surface area contributed by atoms with Gasteiger partial charge in [-0.15, -0.1) is 0 Å². The van der Waals surface area contributed by atoms with E-state index in [0.717, 1.165) is 23.6 Å². The number of likely N-dealkylation sites (tertiary alicyclic amines) is 2. The first kappa shape index (κ1) is 23.9. The second kappa shape index (κ2) is 9.58. The molecule has 2 fully saturated rings. The van der Waals surface area contributed by atoms with Gasteiger partial charge in [-0.1, -0.05) is 23.7 Å². The summed E-state index contributed by atoms with van der Waals surface area (Å²) in [4.78, 5) is 29.1. The summed E-state index contributed by atoms with van der Waals surface area (Å²) in [5.74, 6) is -0.322. The van der Waals surface area contributed by atoms with Crippen molar-refractivity contribution in [3.05, 3.63) is 41.4 Å². The third-order valence-electron chi connectivity index (χ3n) is 6.63. The van der Waals surface area contributed by atoms with Gasteiger partial charge in [0, 0.05) is 31.3 Å². The number of nitrogens with one attached hydrogen (secondary N) is 1. The Morgan fingerprint density at radius 1 is 1.12 bits per heavy atom. The van der Waals surface area contributed by atoms with Gasteiger partial charge in [0.05, 0.1) is 4.90 Å². The Morgan fingerprint density at radius 2 is 1.79 bits per heavy atom. The highest BCUT2D eigenvalue weighted by molar-refractivity contribution is 7.89. The fourth-order valence-corrected chi connectivity index (χ4v) is 5.99. The Bertz CT molecular complexity index is 1160. The van der Waals surface area contributed by atoms with Gasteiger partial charge in [-0.25, -0.2) is 8.42 Å². The van der Waals surface area contributed by atoms with E-state index in [1.807, 2.05) is 0 Å². The number of carbonyl (C=O) groups excluding carboxylic acids is 2. The zero-order valence-corrected chi connectivity index (χ0v) is 20.0. The van der Waals surface area contributed by atoms with Gasteiger partial charge in [0.25, 0.3) is 0 Å². The molecule has 0 aromatic heterocycles. The van der Waals surface area contributed by atoms with E-state index in [2.05, 4.69) is 4.72 Å². The Balaban J connectivity index is 1.42. The van der Waals surface area contributed by atoms with E-state index in [1.165, 1.54) is 11.0 Å². The van der Waals surface area contributed by atoms with Crippen molar-refractivity contribution < 1.29 is 23.1 Å². The quantitative estimate of drug-likeness (QED) is 0.640. The monoisotopic (exact) mass is 493 g/mol. The highest BCUT2D eigenvalue weighted by atomic mass is 35.5. The predicted molar refractivity (Wildman–Crippen MR) is 125 cm³/mol. The van der Waals surface area contributed by atoms with Crippen LogP contribution in [0.1, 0.15) is 26.2 Å². The molecule has 2 saturated heterocycles. The summed E-state index contributed by atoms with van der Waals surface area (Å²) in [6, 6.07) is 8.33. The molecule has 0 saturated carbocycles. The Labute approximate surface area is 198 Å². The maximum atomic E-state index is 13.0. The zero-order chi connectivity index (χ0) is 23.8. The fourth-order valence-electron chi connectivity index (χ4n) is 4.55. The van der Waals surface area contributed by atoms with E-state index in [0.29, 0.717) is 31.1 Å². The van der Waals surface area contributed by atoms with E-state index in [9.17, 15) is 23.1 Å². The summed E-state index contributed by atoms with van der Waals surface area (Å²) >= 11 is 5.99. The minimum atomic E-state index is -3.93. The van der Waals surface area contributed by atoms with E-state index in [-0.39, 0.29) is 23.3 Å². The lowest BCUT2D eigenvalue weighted by molar-refractivity contribution is -0.144. The van der Waals surface area contributed by atoms with Gasteiger partial charge < -0.3 is 14.9 Å². The van der Waals surface area contributed by atoms with Crippen molar-refractivity contribution in [3.63, 3.8) is 0 Å².